The van der Waals surface area contributed by atoms with Gasteiger partial charge in [0.1, 0.15) is 18.1 Å². The van der Waals surface area contributed by atoms with Gasteiger partial charge in [0.15, 0.2) is 0 Å². The molecule has 1 aliphatic carbocycles. The largest absolute Gasteiger partial charge is 0.464 e. The topological polar surface area (TPSA) is 53.8 Å². The maximum atomic E-state index is 13.4. The summed E-state index contributed by atoms with van der Waals surface area (Å²) in [6, 6.07) is 20.9. The molecule has 0 N–H and O–H groups in total. The SMILES string of the molecule is Cc1ccc(CN(CCc2ccccc2)C(=O)CN(C(=O)c2ccccc2Cl)C2CC2)o1. The smallest absolute Gasteiger partial charge is 0.256 e. The van der Waals surface area contributed by atoms with E-state index >= 15 is 0 Å². The molecule has 6 heteroatoms. The second-order valence-corrected chi connectivity index (χ2v) is 8.61. The third-order valence-corrected chi connectivity index (χ3v) is 6.00. The summed E-state index contributed by atoms with van der Waals surface area (Å²) < 4.78 is 5.72. The second-order valence-electron chi connectivity index (χ2n) is 8.21. The van der Waals surface area contributed by atoms with Gasteiger partial charge in [0, 0.05) is 12.6 Å². The number of furan rings is 1. The lowest BCUT2D eigenvalue weighted by Gasteiger charge is -2.27. The van der Waals surface area contributed by atoms with E-state index in [9.17, 15) is 9.59 Å². The molecule has 32 heavy (non-hydrogen) atoms. The van der Waals surface area contributed by atoms with Gasteiger partial charge in [0.05, 0.1) is 17.1 Å². The molecule has 0 atom stereocenters. The molecule has 1 aliphatic rings. The van der Waals surface area contributed by atoms with E-state index in [1.807, 2.05) is 37.3 Å². The Morgan fingerprint density at radius 2 is 1.72 bits per heavy atom. The van der Waals surface area contributed by atoms with E-state index in [1.54, 1.807) is 34.1 Å². The van der Waals surface area contributed by atoms with Crippen LogP contribution in [0.3, 0.4) is 0 Å². The highest BCUT2D eigenvalue weighted by molar-refractivity contribution is 6.33. The zero-order chi connectivity index (χ0) is 22.5. The fraction of sp³-hybridized carbons (Fsp3) is 0.308. The van der Waals surface area contributed by atoms with E-state index in [1.165, 1.54) is 0 Å². The number of hydrogen-bond acceptors (Lipinski definition) is 3. The highest BCUT2D eigenvalue weighted by Gasteiger charge is 2.36. The third-order valence-electron chi connectivity index (χ3n) is 5.67. The van der Waals surface area contributed by atoms with Gasteiger partial charge in [-0.1, -0.05) is 54.1 Å². The van der Waals surface area contributed by atoms with Gasteiger partial charge in [0.25, 0.3) is 5.91 Å². The molecule has 1 aromatic heterocycles. The third kappa shape index (κ3) is 5.60. The Balaban J connectivity index is 1.50. The Morgan fingerprint density at radius 3 is 2.38 bits per heavy atom. The van der Waals surface area contributed by atoms with Gasteiger partial charge >= 0.3 is 0 Å². The molecule has 2 aromatic carbocycles. The van der Waals surface area contributed by atoms with Crippen molar-refractivity contribution in [1.82, 2.24) is 9.80 Å². The number of aryl methyl sites for hydroxylation is 1. The van der Waals surface area contributed by atoms with E-state index < -0.39 is 0 Å². The first-order valence-electron chi connectivity index (χ1n) is 10.9. The number of carbonyl (C=O) groups is 2. The predicted molar refractivity (Wildman–Crippen MR) is 125 cm³/mol. The quantitative estimate of drug-likeness (QED) is 0.454. The van der Waals surface area contributed by atoms with Crippen molar-refractivity contribution in [3.8, 4) is 0 Å². The van der Waals surface area contributed by atoms with Crippen LogP contribution >= 0.6 is 11.6 Å². The van der Waals surface area contributed by atoms with Crippen molar-refractivity contribution >= 4 is 23.4 Å². The first-order chi connectivity index (χ1) is 15.5. The van der Waals surface area contributed by atoms with Gasteiger partial charge in [-0.15, -0.1) is 0 Å². The minimum absolute atomic E-state index is 0.0310. The standard InChI is InChI=1S/C26H27ClN2O3/c1-19-11-14-22(32-19)17-28(16-15-20-7-3-2-4-8-20)25(30)18-29(21-12-13-21)26(31)23-9-5-6-10-24(23)27/h2-11,14,21H,12-13,15-18H2,1H3. The molecule has 1 heterocycles. The van der Waals surface area contributed by atoms with Crippen molar-refractivity contribution in [3.63, 3.8) is 0 Å². The van der Waals surface area contributed by atoms with E-state index in [4.69, 9.17) is 16.0 Å². The highest BCUT2D eigenvalue weighted by Crippen LogP contribution is 2.30. The van der Waals surface area contributed by atoms with Crippen LogP contribution in [0, 0.1) is 6.92 Å². The lowest BCUT2D eigenvalue weighted by Crippen LogP contribution is -2.44. The molecule has 0 saturated heterocycles. The van der Waals surface area contributed by atoms with Crippen molar-refractivity contribution in [1.29, 1.82) is 0 Å². The van der Waals surface area contributed by atoms with Gasteiger partial charge in [-0.2, -0.15) is 0 Å². The zero-order valence-electron chi connectivity index (χ0n) is 18.2. The molecule has 1 saturated carbocycles. The van der Waals surface area contributed by atoms with Crippen LogP contribution in [0.15, 0.2) is 71.1 Å². The van der Waals surface area contributed by atoms with Gasteiger partial charge in [-0.3, -0.25) is 9.59 Å². The number of halogens is 1. The second kappa shape index (κ2) is 10.0. The first-order valence-corrected chi connectivity index (χ1v) is 11.3. The Morgan fingerprint density at radius 1 is 1.00 bits per heavy atom. The minimum Gasteiger partial charge on any atom is -0.464 e. The molecule has 5 nitrogen and oxygen atoms in total. The van der Waals surface area contributed by atoms with Crippen LogP contribution in [-0.4, -0.2) is 40.7 Å². The fourth-order valence-electron chi connectivity index (χ4n) is 3.75. The molecule has 0 aliphatic heterocycles. The molecular formula is C26H27ClN2O3. The van der Waals surface area contributed by atoms with Crippen LogP contribution in [0.5, 0.6) is 0 Å². The van der Waals surface area contributed by atoms with Crippen LogP contribution in [0.2, 0.25) is 5.02 Å². The van der Waals surface area contributed by atoms with Crippen LogP contribution in [0.25, 0.3) is 0 Å². The average Bonchev–Trinajstić information content (AvgIpc) is 3.56. The van der Waals surface area contributed by atoms with Gasteiger partial charge in [-0.25, -0.2) is 0 Å². The number of amides is 2. The summed E-state index contributed by atoms with van der Waals surface area (Å²) >= 11 is 6.26. The summed E-state index contributed by atoms with van der Waals surface area (Å²) in [6.45, 7) is 2.83. The van der Waals surface area contributed by atoms with Crippen molar-refractivity contribution in [3.05, 3.63) is 94.4 Å². The monoisotopic (exact) mass is 450 g/mol. The molecular weight excluding hydrogens is 424 g/mol. The summed E-state index contributed by atoms with van der Waals surface area (Å²) in [5, 5.41) is 0.405. The zero-order valence-corrected chi connectivity index (χ0v) is 18.9. The Bertz CT molecular complexity index is 1080. The van der Waals surface area contributed by atoms with Crippen molar-refractivity contribution in [2.75, 3.05) is 13.1 Å². The summed E-state index contributed by atoms with van der Waals surface area (Å²) in [7, 11) is 0. The lowest BCUT2D eigenvalue weighted by molar-refractivity contribution is -0.132. The minimum atomic E-state index is -0.191. The highest BCUT2D eigenvalue weighted by atomic mass is 35.5. The maximum absolute atomic E-state index is 13.4. The van der Waals surface area contributed by atoms with Gasteiger partial charge in [0.2, 0.25) is 5.91 Å². The molecule has 166 valence electrons. The van der Waals surface area contributed by atoms with Crippen LogP contribution in [0.4, 0.5) is 0 Å². The van der Waals surface area contributed by atoms with Crippen molar-refractivity contribution in [2.45, 2.75) is 38.8 Å². The molecule has 2 amide bonds. The van der Waals surface area contributed by atoms with Crippen LogP contribution in [-0.2, 0) is 17.8 Å². The summed E-state index contributed by atoms with van der Waals surface area (Å²) in [5.74, 6) is 1.26. The fourth-order valence-corrected chi connectivity index (χ4v) is 3.96. The van der Waals surface area contributed by atoms with Crippen molar-refractivity contribution in [2.24, 2.45) is 0 Å². The average molecular weight is 451 g/mol. The van der Waals surface area contributed by atoms with Gasteiger partial charge < -0.3 is 14.2 Å². The van der Waals surface area contributed by atoms with E-state index in [2.05, 4.69) is 12.1 Å². The van der Waals surface area contributed by atoms with Gasteiger partial charge in [-0.05, 0) is 56.0 Å². The number of nitrogens with zero attached hydrogens (tertiary/aromatic N) is 2. The van der Waals surface area contributed by atoms with E-state index in [0.717, 1.165) is 36.3 Å². The molecule has 0 unspecified atom stereocenters. The first kappa shape index (κ1) is 22.2. The van der Waals surface area contributed by atoms with Crippen LogP contribution < -0.4 is 0 Å². The summed E-state index contributed by atoms with van der Waals surface area (Å²) in [6.07, 6.45) is 2.55. The molecule has 0 bridgehead atoms. The molecule has 1 fully saturated rings. The Labute approximate surface area is 193 Å². The van der Waals surface area contributed by atoms with Crippen molar-refractivity contribution < 1.29 is 14.0 Å². The normalized spacial score (nSPS) is 13.1. The predicted octanol–water partition coefficient (Wildman–Crippen LogP) is 5.12. The summed E-state index contributed by atoms with van der Waals surface area (Å²) in [5.41, 5.74) is 1.60. The Kier molecular flexibility index (Phi) is 6.96. The van der Waals surface area contributed by atoms with E-state index in [0.29, 0.717) is 23.7 Å². The molecule has 0 radical (unpaired) electrons. The summed E-state index contributed by atoms with van der Waals surface area (Å²) in [4.78, 5) is 30.0. The molecule has 4 rings (SSSR count). The Hall–Kier alpha value is -3.05. The van der Waals surface area contributed by atoms with E-state index in [-0.39, 0.29) is 24.4 Å². The molecule has 3 aromatic rings. The lowest BCUT2D eigenvalue weighted by atomic mass is 10.1. The molecule has 0 spiro atoms. The number of hydrogen-bond donors (Lipinski definition) is 0. The number of carbonyl (C=O) groups excluding carboxylic acids is 2. The number of rotatable bonds is 9. The maximum Gasteiger partial charge on any atom is 0.256 e. The number of benzene rings is 2. The van der Waals surface area contributed by atoms with Crippen LogP contribution in [0.1, 0.15) is 40.3 Å².